The molecule has 4 fully saturated rings. The summed E-state index contributed by atoms with van der Waals surface area (Å²) in [6.07, 6.45) is 7.43. The van der Waals surface area contributed by atoms with Gasteiger partial charge in [-0.3, -0.25) is 14.4 Å². The second-order valence-electron chi connectivity index (χ2n) is 12.3. The van der Waals surface area contributed by atoms with Gasteiger partial charge in [-0.1, -0.05) is 44.9 Å². The summed E-state index contributed by atoms with van der Waals surface area (Å²) < 4.78 is 30.6. The van der Waals surface area contributed by atoms with Crippen LogP contribution >= 0.6 is 0 Å². The van der Waals surface area contributed by atoms with E-state index in [1.54, 1.807) is 19.1 Å². The predicted octanol–water partition coefficient (Wildman–Crippen LogP) is 1.67. The van der Waals surface area contributed by atoms with Crippen LogP contribution in [0, 0.1) is 17.8 Å². The van der Waals surface area contributed by atoms with Crippen molar-refractivity contribution in [3.63, 3.8) is 0 Å². The van der Waals surface area contributed by atoms with Crippen LogP contribution in [0.2, 0.25) is 0 Å². The molecule has 5 aliphatic rings. The van der Waals surface area contributed by atoms with Gasteiger partial charge in [-0.05, 0) is 38.3 Å². The minimum absolute atomic E-state index is 0.193. The first-order valence-corrected chi connectivity index (χ1v) is 14.8. The number of fused-ring (bicyclic) bond motifs is 7. The number of aliphatic hydroxyl groups excluding tert-OH is 2. The number of ether oxygens (including phenoxy) is 5. The Kier molecular flexibility index (Phi) is 8.08. The van der Waals surface area contributed by atoms with Crippen molar-refractivity contribution in [3.05, 3.63) is 36.1 Å². The van der Waals surface area contributed by atoms with E-state index in [4.69, 9.17) is 23.7 Å². The third-order valence-corrected chi connectivity index (χ3v) is 10.1. The van der Waals surface area contributed by atoms with E-state index in [0.29, 0.717) is 0 Å². The molecule has 5 rings (SSSR count). The van der Waals surface area contributed by atoms with Gasteiger partial charge in [0.1, 0.15) is 42.4 Å². The topological polar surface area (TPSA) is 161 Å². The predicted molar refractivity (Wildman–Crippen MR) is 147 cm³/mol. The van der Waals surface area contributed by atoms with E-state index in [0.717, 1.165) is 25.7 Å². The molecule has 232 valence electrons. The van der Waals surface area contributed by atoms with Crippen LogP contribution in [0.15, 0.2) is 36.1 Å². The summed E-state index contributed by atoms with van der Waals surface area (Å²) in [6, 6.07) is 0. The Morgan fingerprint density at radius 2 is 1.93 bits per heavy atom. The van der Waals surface area contributed by atoms with Gasteiger partial charge in [0.2, 0.25) is 0 Å². The Hall–Kier alpha value is -2.41. The Morgan fingerprint density at radius 3 is 2.57 bits per heavy atom. The first-order chi connectivity index (χ1) is 19.9. The van der Waals surface area contributed by atoms with Crippen LogP contribution < -0.4 is 0 Å². The quantitative estimate of drug-likeness (QED) is 0.112. The lowest BCUT2D eigenvalue weighted by Gasteiger charge is -2.59. The van der Waals surface area contributed by atoms with Crippen molar-refractivity contribution in [3.8, 4) is 0 Å². The van der Waals surface area contributed by atoms with Gasteiger partial charge in [0.25, 0.3) is 0 Å². The number of ketones is 2. The molecule has 0 aromatic rings. The van der Waals surface area contributed by atoms with Gasteiger partial charge in [0.15, 0.2) is 22.8 Å². The summed E-state index contributed by atoms with van der Waals surface area (Å²) in [5.74, 6) is -4.92. The number of epoxide rings is 1. The number of hydrogen-bond donors (Lipinski definition) is 3. The number of aliphatic hydroxyl groups is 3. The van der Waals surface area contributed by atoms with Gasteiger partial charge in [-0.15, -0.1) is 0 Å². The molecule has 2 aliphatic heterocycles. The summed E-state index contributed by atoms with van der Waals surface area (Å²) in [7, 11) is 0. The number of rotatable bonds is 10. The van der Waals surface area contributed by atoms with E-state index < -0.39 is 88.7 Å². The van der Waals surface area contributed by atoms with Crippen molar-refractivity contribution in [1.29, 1.82) is 0 Å². The number of unbranched alkanes of at least 4 members (excludes halogenated alkanes) is 3. The molecule has 0 amide bonds. The number of allylic oxidation sites excluding steroid dienone is 3. The molecule has 3 N–H and O–H groups in total. The number of carbonyl (C=O) groups is 3. The molecule has 0 aromatic carbocycles. The summed E-state index contributed by atoms with van der Waals surface area (Å²) >= 11 is 0. The molecule has 42 heavy (non-hydrogen) atoms. The Morgan fingerprint density at radius 1 is 1.19 bits per heavy atom. The molecule has 0 radical (unpaired) electrons. The summed E-state index contributed by atoms with van der Waals surface area (Å²) in [5.41, 5.74) is -7.38. The average molecular weight is 591 g/mol. The summed E-state index contributed by atoms with van der Waals surface area (Å²) in [5, 5.41) is 34.4. The molecule has 11 nitrogen and oxygen atoms in total. The first kappa shape index (κ1) is 31.0. The number of Topliss-reactive ketones (excluding diaryl/α,β-unsaturated/α-hetero) is 2. The summed E-state index contributed by atoms with van der Waals surface area (Å²) in [6.45, 7) is 6.87. The standard InChI is InChI=1S/C31H42O11/c1-6-7-8-9-10-11-12-13-39-30-18(3)24(41-20(5)34)31(19(4)33)26(38-16-40-31)22(30)25-28(15-32,42-25)27(36)29(37)21(30)14-17(2)23(29)35/h10-14,18,21-22,24-27,32,36-37H,6-9,15-16H2,1-5H3/b11-10-,13-12-/t18-,21-,22-,24-,25+,26-,27-,28+,29-,30+,31+/m1/s1. The monoisotopic (exact) mass is 590 g/mol. The third kappa shape index (κ3) is 4.04. The maximum atomic E-state index is 13.6. The van der Waals surface area contributed by atoms with Crippen LogP contribution in [0.1, 0.15) is 60.3 Å². The highest BCUT2D eigenvalue weighted by atomic mass is 16.7. The molecule has 0 bridgehead atoms. The van der Waals surface area contributed by atoms with Crippen molar-refractivity contribution < 1.29 is 53.4 Å². The molecular weight excluding hydrogens is 548 g/mol. The maximum absolute atomic E-state index is 13.6. The zero-order valence-electron chi connectivity index (χ0n) is 24.8. The van der Waals surface area contributed by atoms with Gasteiger partial charge in [-0.25, -0.2) is 0 Å². The normalized spacial score (nSPS) is 45.6. The molecule has 0 aromatic heterocycles. The Labute approximate surface area is 245 Å². The molecule has 11 heteroatoms. The van der Waals surface area contributed by atoms with Gasteiger partial charge in [-0.2, -0.15) is 0 Å². The molecule has 2 saturated heterocycles. The zero-order valence-corrected chi connectivity index (χ0v) is 24.8. The fourth-order valence-electron chi connectivity index (χ4n) is 8.14. The number of carbonyl (C=O) groups excluding carboxylic acids is 3. The highest BCUT2D eigenvalue weighted by Crippen LogP contribution is 2.67. The second-order valence-corrected chi connectivity index (χ2v) is 12.3. The van der Waals surface area contributed by atoms with Crippen LogP contribution in [0.25, 0.3) is 0 Å². The highest BCUT2D eigenvalue weighted by Gasteiger charge is 2.87. The van der Waals surface area contributed by atoms with E-state index in [-0.39, 0.29) is 12.4 Å². The van der Waals surface area contributed by atoms with Crippen LogP contribution in [-0.2, 0) is 38.1 Å². The zero-order chi connectivity index (χ0) is 30.7. The van der Waals surface area contributed by atoms with Gasteiger partial charge in [0.05, 0.1) is 24.7 Å². The van der Waals surface area contributed by atoms with Gasteiger partial charge < -0.3 is 39.0 Å². The molecule has 0 unspecified atom stereocenters. The van der Waals surface area contributed by atoms with E-state index in [2.05, 4.69) is 6.92 Å². The van der Waals surface area contributed by atoms with E-state index >= 15 is 0 Å². The first-order valence-electron chi connectivity index (χ1n) is 14.8. The van der Waals surface area contributed by atoms with E-state index in [1.807, 2.05) is 12.2 Å². The van der Waals surface area contributed by atoms with E-state index in [9.17, 15) is 29.7 Å². The van der Waals surface area contributed by atoms with Crippen LogP contribution in [0.4, 0.5) is 0 Å². The number of esters is 1. The Balaban J connectivity index is 1.71. The Bertz CT molecular complexity index is 1210. The fraction of sp³-hybridized carbons (Fsp3) is 0.710. The molecule has 2 heterocycles. The molecule has 11 atom stereocenters. The fourth-order valence-corrected chi connectivity index (χ4v) is 8.14. The van der Waals surface area contributed by atoms with Crippen molar-refractivity contribution in [2.24, 2.45) is 17.8 Å². The minimum Gasteiger partial charge on any atom is -0.493 e. The van der Waals surface area contributed by atoms with Crippen molar-refractivity contribution in [2.45, 2.75) is 107 Å². The van der Waals surface area contributed by atoms with Crippen molar-refractivity contribution in [1.82, 2.24) is 0 Å². The van der Waals surface area contributed by atoms with Crippen LogP contribution in [0.3, 0.4) is 0 Å². The lowest BCUT2D eigenvalue weighted by Crippen LogP contribution is -2.77. The SMILES string of the molecule is CCCCC/C=C\C=C/O[C@@]12[C@@H]([C@H]3OCO[C@@]3(C(C)=O)[C@H](OC(C)=O)[C@H]1C)[C@@H]1O[C@]1(CO)[C@@H](O)[C@]1(O)C(=O)C(C)=C[C@H]12. The maximum Gasteiger partial charge on any atom is 0.303 e. The van der Waals surface area contributed by atoms with E-state index in [1.165, 1.54) is 27.0 Å². The largest absolute Gasteiger partial charge is 0.493 e. The average Bonchev–Trinajstić information content (AvgIpc) is 3.44. The molecular formula is C31H42O11. The minimum atomic E-state index is -2.45. The van der Waals surface area contributed by atoms with Crippen LogP contribution in [0.5, 0.6) is 0 Å². The molecule has 0 spiro atoms. The number of hydrogen-bond acceptors (Lipinski definition) is 11. The third-order valence-electron chi connectivity index (χ3n) is 10.1. The lowest BCUT2D eigenvalue weighted by molar-refractivity contribution is -0.265. The second kappa shape index (κ2) is 10.9. The lowest BCUT2D eigenvalue weighted by atomic mass is 9.53. The molecule has 3 aliphatic carbocycles. The smallest absolute Gasteiger partial charge is 0.303 e. The van der Waals surface area contributed by atoms with Gasteiger partial charge in [0, 0.05) is 12.8 Å². The summed E-state index contributed by atoms with van der Waals surface area (Å²) in [4.78, 5) is 39.5. The van der Waals surface area contributed by atoms with Crippen molar-refractivity contribution >= 4 is 17.5 Å². The van der Waals surface area contributed by atoms with Crippen LogP contribution in [-0.4, -0.2) is 93.1 Å². The van der Waals surface area contributed by atoms with Crippen molar-refractivity contribution in [2.75, 3.05) is 13.4 Å². The molecule has 2 saturated carbocycles. The highest BCUT2D eigenvalue weighted by molar-refractivity contribution is 6.05. The van der Waals surface area contributed by atoms with Gasteiger partial charge >= 0.3 is 5.97 Å².